The maximum absolute atomic E-state index is 12.6. The van der Waals surface area contributed by atoms with Crippen LogP contribution in [0.3, 0.4) is 0 Å². The van der Waals surface area contributed by atoms with Crippen LogP contribution >= 0.6 is 0 Å². The average Bonchev–Trinajstić information content (AvgIpc) is 3.33. The maximum Gasteiger partial charge on any atom is 0.422 e. The van der Waals surface area contributed by atoms with Crippen LogP contribution in [0.15, 0.2) is 23.2 Å². The molecule has 3 rings (SSSR count). The Labute approximate surface area is 180 Å². The molecule has 0 unspecified atom stereocenters. The first-order valence-electron chi connectivity index (χ1n) is 10.4. The quantitative estimate of drug-likeness (QED) is 0.511. The van der Waals surface area contributed by atoms with Crippen molar-refractivity contribution < 1.29 is 17.9 Å². The minimum atomic E-state index is -4.39. The summed E-state index contributed by atoms with van der Waals surface area (Å²) >= 11 is 0. The number of hydrogen-bond acceptors (Lipinski definition) is 4. The molecule has 10 heteroatoms. The van der Waals surface area contributed by atoms with E-state index in [4.69, 9.17) is 4.74 Å². The molecule has 0 spiro atoms. The lowest BCUT2D eigenvalue weighted by Crippen LogP contribution is -2.42. The van der Waals surface area contributed by atoms with Gasteiger partial charge in [0, 0.05) is 18.7 Å². The Bertz CT molecular complexity index is 903. The minimum absolute atomic E-state index is 0.188. The number of benzene rings is 1. The van der Waals surface area contributed by atoms with E-state index in [0.29, 0.717) is 24.1 Å². The van der Waals surface area contributed by atoms with Crippen molar-refractivity contribution >= 4 is 5.96 Å². The molecule has 2 aromatic rings. The van der Waals surface area contributed by atoms with E-state index >= 15 is 0 Å². The lowest BCUT2D eigenvalue weighted by atomic mass is 10.1. The van der Waals surface area contributed by atoms with Crippen molar-refractivity contribution in [1.82, 2.24) is 25.4 Å². The molecule has 1 aliphatic rings. The molecule has 0 radical (unpaired) electrons. The first-order chi connectivity index (χ1) is 14.7. The zero-order valence-electron chi connectivity index (χ0n) is 18.1. The maximum atomic E-state index is 12.6. The van der Waals surface area contributed by atoms with Gasteiger partial charge in [-0.2, -0.15) is 13.2 Å². The molecule has 1 aromatic heterocycles. The molecule has 1 heterocycles. The van der Waals surface area contributed by atoms with E-state index in [9.17, 15) is 13.2 Å². The van der Waals surface area contributed by atoms with Crippen LogP contribution in [-0.2, 0) is 20.1 Å². The summed E-state index contributed by atoms with van der Waals surface area (Å²) in [6, 6.07) is 5.53. The number of nitrogens with one attached hydrogen (secondary N) is 2. The Morgan fingerprint density at radius 1 is 1.23 bits per heavy atom. The van der Waals surface area contributed by atoms with Crippen molar-refractivity contribution in [3.8, 4) is 5.75 Å². The normalized spacial score (nSPS) is 15.4. The Kier molecular flexibility index (Phi) is 7.40. The zero-order valence-corrected chi connectivity index (χ0v) is 18.1. The van der Waals surface area contributed by atoms with Crippen LogP contribution in [0.4, 0.5) is 13.2 Å². The Morgan fingerprint density at radius 3 is 2.61 bits per heavy atom. The van der Waals surface area contributed by atoms with Crippen LogP contribution in [0.5, 0.6) is 5.75 Å². The number of alkyl halides is 3. The molecule has 1 aliphatic carbocycles. The lowest BCUT2D eigenvalue weighted by Gasteiger charge is -2.18. The highest BCUT2D eigenvalue weighted by molar-refractivity contribution is 5.80. The molecule has 2 N–H and O–H groups in total. The van der Waals surface area contributed by atoms with Gasteiger partial charge in [0.05, 0.1) is 13.1 Å². The number of hydrogen-bond donors (Lipinski definition) is 2. The van der Waals surface area contributed by atoms with E-state index in [1.807, 2.05) is 31.5 Å². The third-order valence-electron chi connectivity index (χ3n) is 5.31. The van der Waals surface area contributed by atoms with Crippen LogP contribution in [0.25, 0.3) is 0 Å². The fraction of sp³-hybridized carbons (Fsp3) is 0.571. The number of ether oxygens (including phenoxy) is 1. The summed E-state index contributed by atoms with van der Waals surface area (Å²) in [6.07, 6.45) is 0.0688. The Morgan fingerprint density at radius 2 is 1.97 bits per heavy atom. The van der Waals surface area contributed by atoms with E-state index in [-0.39, 0.29) is 12.3 Å². The van der Waals surface area contributed by atoms with Gasteiger partial charge in [-0.05, 0) is 38.3 Å². The SMILES string of the molecule is Cc1ccc(CN=C(NCc2nnc(C)n2C)NC2CCCC2)c(OCC(F)(F)F)c1. The van der Waals surface area contributed by atoms with Crippen molar-refractivity contribution in [2.24, 2.45) is 12.0 Å². The summed E-state index contributed by atoms with van der Waals surface area (Å²) in [4.78, 5) is 4.62. The fourth-order valence-electron chi connectivity index (χ4n) is 3.43. The first-order valence-corrected chi connectivity index (χ1v) is 10.4. The molecule has 31 heavy (non-hydrogen) atoms. The molecule has 7 nitrogen and oxygen atoms in total. The molecule has 0 bridgehead atoms. The summed E-state index contributed by atoms with van der Waals surface area (Å²) in [6.45, 7) is 2.98. The van der Waals surface area contributed by atoms with Gasteiger partial charge < -0.3 is 19.9 Å². The van der Waals surface area contributed by atoms with Crippen LogP contribution in [0, 0.1) is 13.8 Å². The number of halogens is 3. The van der Waals surface area contributed by atoms with Crippen molar-refractivity contribution in [2.75, 3.05) is 6.61 Å². The zero-order chi connectivity index (χ0) is 22.4. The highest BCUT2D eigenvalue weighted by Crippen LogP contribution is 2.24. The molecule has 1 aromatic carbocycles. The van der Waals surface area contributed by atoms with E-state index in [1.54, 1.807) is 12.1 Å². The first kappa shape index (κ1) is 22.9. The summed E-state index contributed by atoms with van der Waals surface area (Å²) in [7, 11) is 1.89. The van der Waals surface area contributed by atoms with Gasteiger partial charge in [0.25, 0.3) is 0 Å². The van der Waals surface area contributed by atoms with Crippen molar-refractivity contribution in [1.29, 1.82) is 0 Å². The number of guanidine groups is 1. The summed E-state index contributed by atoms with van der Waals surface area (Å²) < 4.78 is 44.8. The standard InChI is InChI=1S/C21H29F3N6O/c1-14-8-9-16(18(10-14)31-13-21(22,23)24)11-25-20(27-17-6-4-5-7-17)26-12-19-29-28-15(2)30(19)3/h8-10,17H,4-7,11-13H2,1-3H3,(H2,25,26,27). The number of rotatable bonds is 7. The molecule has 1 saturated carbocycles. The van der Waals surface area contributed by atoms with Crippen molar-refractivity contribution in [2.45, 2.75) is 64.8 Å². The van der Waals surface area contributed by atoms with Crippen LogP contribution in [0.2, 0.25) is 0 Å². The number of aliphatic imine (C=N–C) groups is 1. The largest absolute Gasteiger partial charge is 0.484 e. The van der Waals surface area contributed by atoms with E-state index in [1.165, 1.54) is 12.8 Å². The Balaban J connectivity index is 1.73. The van der Waals surface area contributed by atoms with Gasteiger partial charge in [-0.25, -0.2) is 4.99 Å². The van der Waals surface area contributed by atoms with Gasteiger partial charge in [-0.15, -0.1) is 10.2 Å². The monoisotopic (exact) mass is 438 g/mol. The molecule has 0 saturated heterocycles. The predicted molar refractivity (Wildman–Crippen MR) is 112 cm³/mol. The molecular weight excluding hydrogens is 409 g/mol. The molecular formula is C21H29F3N6O. The van der Waals surface area contributed by atoms with E-state index < -0.39 is 12.8 Å². The van der Waals surface area contributed by atoms with Crippen molar-refractivity contribution in [3.63, 3.8) is 0 Å². The third kappa shape index (κ3) is 6.86. The average molecular weight is 438 g/mol. The second-order valence-electron chi connectivity index (χ2n) is 7.88. The van der Waals surface area contributed by atoms with Crippen LogP contribution in [-0.4, -0.2) is 39.5 Å². The number of nitrogens with zero attached hydrogens (tertiary/aromatic N) is 4. The molecule has 0 aliphatic heterocycles. The highest BCUT2D eigenvalue weighted by Gasteiger charge is 2.28. The molecule has 1 fully saturated rings. The molecule has 0 atom stereocenters. The summed E-state index contributed by atoms with van der Waals surface area (Å²) in [5.41, 5.74) is 1.42. The predicted octanol–water partition coefficient (Wildman–Crippen LogP) is 3.55. The van der Waals surface area contributed by atoms with Gasteiger partial charge in [0.2, 0.25) is 0 Å². The lowest BCUT2D eigenvalue weighted by molar-refractivity contribution is -0.153. The van der Waals surface area contributed by atoms with Crippen molar-refractivity contribution in [3.05, 3.63) is 41.0 Å². The van der Waals surface area contributed by atoms with Gasteiger partial charge in [-0.1, -0.05) is 25.0 Å². The van der Waals surface area contributed by atoms with E-state index in [0.717, 1.165) is 30.1 Å². The highest BCUT2D eigenvalue weighted by atomic mass is 19.4. The molecule has 0 amide bonds. The second kappa shape index (κ2) is 10.0. The van der Waals surface area contributed by atoms with Gasteiger partial charge in [0.15, 0.2) is 18.4 Å². The smallest absolute Gasteiger partial charge is 0.422 e. The topological polar surface area (TPSA) is 76.4 Å². The second-order valence-corrected chi connectivity index (χ2v) is 7.88. The number of aryl methyl sites for hydroxylation is 2. The van der Waals surface area contributed by atoms with Gasteiger partial charge >= 0.3 is 6.18 Å². The summed E-state index contributed by atoms with van der Waals surface area (Å²) in [5.74, 6) is 2.37. The molecule has 170 valence electrons. The number of aromatic nitrogens is 3. The van der Waals surface area contributed by atoms with Crippen LogP contribution < -0.4 is 15.4 Å². The third-order valence-corrected chi connectivity index (χ3v) is 5.31. The summed E-state index contributed by atoms with van der Waals surface area (Å²) in [5, 5.41) is 14.9. The fourth-order valence-corrected chi connectivity index (χ4v) is 3.43. The van der Waals surface area contributed by atoms with Crippen LogP contribution in [0.1, 0.15) is 48.5 Å². The minimum Gasteiger partial charge on any atom is -0.484 e. The van der Waals surface area contributed by atoms with E-state index in [2.05, 4.69) is 25.8 Å². The van der Waals surface area contributed by atoms with Gasteiger partial charge in [-0.3, -0.25) is 0 Å². The Hall–Kier alpha value is -2.78. The van der Waals surface area contributed by atoms with Gasteiger partial charge in [0.1, 0.15) is 11.6 Å².